The predicted octanol–water partition coefficient (Wildman–Crippen LogP) is 4.81. The second-order valence-corrected chi connectivity index (χ2v) is 9.74. The molecule has 0 saturated carbocycles. The molecule has 1 aliphatic rings. The average molecular weight is 491 g/mol. The highest BCUT2D eigenvalue weighted by Crippen LogP contribution is 2.21. The first-order valence-electron chi connectivity index (χ1n) is 12.3. The molecule has 3 aromatic rings. The molecule has 1 saturated heterocycles. The number of esters is 1. The minimum atomic E-state index is -0.734. The molecule has 0 atom stereocenters. The van der Waals surface area contributed by atoms with Gasteiger partial charge in [-0.05, 0) is 68.1 Å². The van der Waals surface area contributed by atoms with E-state index in [9.17, 15) is 9.59 Å². The number of urea groups is 1. The van der Waals surface area contributed by atoms with Gasteiger partial charge in [-0.25, -0.2) is 9.48 Å². The Balaban J connectivity index is 1.47. The van der Waals surface area contributed by atoms with Crippen molar-refractivity contribution in [3.8, 4) is 11.4 Å². The fourth-order valence-corrected chi connectivity index (χ4v) is 4.33. The van der Waals surface area contributed by atoms with Gasteiger partial charge in [0.05, 0.1) is 5.69 Å². The third-order valence-electron chi connectivity index (χ3n) is 6.00. The Morgan fingerprint density at radius 1 is 1.00 bits per heavy atom. The van der Waals surface area contributed by atoms with E-state index in [1.165, 1.54) is 6.92 Å². The number of likely N-dealkylation sites (tertiary alicyclic amines) is 1. The molecule has 190 valence electrons. The van der Waals surface area contributed by atoms with Crippen LogP contribution in [0.25, 0.3) is 5.69 Å². The van der Waals surface area contributed by atoms with Gasteiger partial charge < -0.3 is 19.3 Å². The van der Waals surface area contributed by atoms with Crippen molar-refractivity contribution in [2.75, 3.05) is 19.7 Å². The average Bonchev–Trinajstić information content (AvgIpc) is 3.57. The fraction of sp³-hybridized carbons (Fsp3) is 0.393. The zero-order chi connectivity index (χ0) is 25.5. The molecule has 8 nitrogen and oxygen atoms in total. The minimum Gasteiger partial charge on any atom is -0.489 e. The number of carbonyl (C=O) groups is 2. The van der Waals surface area contributed by atoms with Crippen molar-refractivity contribution in [3.63, 3.8) is 0 Å². The maximum absolute atomic E-state index is 13.4. The van der Waals surface area contributed by atoms with E-state index in [0.717, 1.165) is 42.7 Å². The molecule has 0 radical (unpaired) electrons. The lowest BCUT2D eigenvalue weighted by Crippen LogP contribution is -2.41. The van der Waals surface area contributed by atoms with E-state index < -0.39 is 5.60 Å². The number of carbonyl (C=O) groups excluding carboxylic acids is 2. The molecule has 0 bridgehead atoms. The highest BCUT2D eigenvalue weighted by molar-refractivity contribution is 5.74. The normalized spacial score (nSPS) is 13.5. The van der Waals surface area contributed by atoms with Crippen LogP contribution in [0.5, 0.6) is 5.75 Å². The molecule has 0 N–H and O–H groups in total. The van der Waals surface area contributed by atoms with Gasteiger partial charge in [0, 0.05) is 45.5 Å². The first-order chi connectivity index (χ1) is 17.3. The van der Waals surface area contributed by atoms with Crippen LogP contribution in [0.1, 0.15) is 44.7 Å². The van der Waals surface area contributed by atoms with Crippen LogP contribution in [0.4, 0.5) is 4.79 Å². The lowest BCUT2D eigenvalue weighted by atomic mass is 10.1. The Bertz CT molecular complexity index is 1150. The Kier molecular flexibility index (Phi) is 7.93. The minimum absolute atomic E-state index is 0.0472. The third-order valence-corrected chi connectivity index (χ3v) is 6.00. The molecule has 4 rings (SSSR count). The predicted molar refractivity (Wildman–Crippen MR) is 137 cm³/mol. The standard InChI is InChI=1S/C28H34N4O4/c1-22(33)36-28(2,3)21-35-26-9-6-8-24(18-26)20-31(27(34)30-15-4-5-16-30)19-23-10-12-25(13-11-23)32-17-7-14-29-32/h6-14,17-18H,4-5,15-16,19-21H2,1-3H3. The maximum atomic E-state index is 13.4. The van der Waals surface area contributed by atoms with Crippen molar-refractivity contribution in [2.45, 2.75) is 52.3 Å². The summed E-state index contributed by atoms with van der Waals surface area (Å²) in [5.41, 5.74) is 2.26. The number of rotatable bonds is 9. The number of benzene rings is 2. The van der Waals surface area contributed by atoms with Gasteiger partial charge in [-0.3, -0.25) is 4.79 Å². The summed E-state index contributed by atoms with van der Waals surface area (Å²) in [5, 5.41) is 4.27. The summed E-state index contributed by atoms with van der Waals surface area (Å²) in [6.07, 6.45) is 5.74. The molecular weight excluding hydrogens is 456 g/mol. The summed E-state index contributed by atoms with van der Waals surface area (Å²) in [4.78, 5) is 28.6. The molecule has 0 spiro atoms. The van der Waals surface area contributed by atoms with Crippen molar-refractivity contribution in [1.82, 2.24) is 19.6 Å². The topological polar surface area (TPSA) is 76.9 Å². The first-order valence-corrected chi connectivity index (χ1v) is 12.3. The van der Waals surface area contributed by atoms with Crippen molar-refractivity contribution >= 4 is 12.0 Å². The number of hydrogen-bond donors (Lipinski definition) is 0. The molecule has 1 aromatic heterocycles. The highest BCUT2D eigenvalue weighted by Gasteiger charge is 2.25. The van der Waals surface area contributed by atoms with Gasteiger partial charge in [-0.15, -0.1) is 0 Å². The second-order valence-electron chi connectivity index (χ2n) is 9.74. The van der Waals surface area contributed by atoms with Crippen molar-refractivity contribution in [2.24, 2.45) is 0 Å². The van der Waals surface area contributed by atoms with Gasteiger partial charge in [0.15, 0.2) is 0 Å². The molecule has 2 heterocycles. The Morgan fingerprint density at radius 2 is 1.72 bits per heavy atom. The summed E-state index contributed by atoms with van der Waals surface area (Å²) in [5.74, 6) is 0.330. The van der Waals surface area contributed by atoms with E-state index in [0.29, 0.717) is 18.8 Å². The second kappa shape index (κ2) is 11.3. The molecule has 36 heavy (non-hydrogen) atoms. The third kappa shape index (κ3) is 6.87. The quantitative estimate of drug-likeness (QED) is 0.402. The van der Waals surface area contributed by atoms with Crippen LogP contribution in [0, 0.1) is 0 Å². The van der Waals surface area contributed by atoms with Gasteiger partial charge in [-0.1, -0.05) is 24.3 Å². The molecule has 1 aliphatic heterocycles. The van der Waals surface area contributed by atoms with Gasteiger partial charge >= 0.3 is 12.0 Å². The number of ether oxygens (including phenoxy) is 2. The number of amides is 2. The van der Waals surface area contributed by atoms with Gasteiger partial charge in [0.2, 0.25) is 0 Å². The molecule has 2 amide bonds. The van der Waals surface area contributed by atoms with Crippen LogP contribution in [0.15, 0.2) is 67.0 Å². The summed E-state index contributed by atoms with van der Waals surface area (Å²) >= 11 is 0. The van der Waals surface area contributed by atoms with Gasteiger partial charge in [-0.2, -0.15) is 5.10 Å². The van der Waals surface area contributed by atoms with Crippen LogP contribution in [0.2, 0.25) is 0 Å². The fourth-order valence-electron chi connectivity index (χ4n) is 4.33. The van der Waals surface area contributed by atoms with E-state index in [2.05, 4.69) is 5.10 Å². The van der Waals surface area contributed by atoms with Crippen LogP contribution >= 0.6 is 0 Å². The highest BCUT2D eigenvalue weighted by atomic mass is 16.6. The van der Waals surface area contributed by atoms with Gasteiger partial charge in [0.25, 0.3) is 0 Å². The van der Waals surface area contributed by atoms with Crippen molar-refractivity contribution in [1.29, 1.82) is 0 Å². The van der Waals surface area contributed by atoms with E-state index in [1.807, 2.05) is 89.1 Å². The lowest BCUT2D eigenvalue weighted by Gasteiger charge is -2.28. The van der Waals surface area contributed by atoms with Crippen molar-refractivity contribution < 1.29 is 19.1 Å². The number of hydrogen-bond acceptors (Lipinski definition) is 5. The number of nitrogens with zero attached hydrogens (tertiary/aromatic N) is 4. The SMILES string of the molecule is CC(=O)OC(C)(C)COc1cccc(CN(Cc2ccc(-n3cccn3)cc2)C(=O)N2CCCC2)c1. The molecule has 8 heteroatoms. The molecule has 2 aromatic carbocycles. The van der Waals surface area contributed by atoms with Crippen LogP contribution in [0.3, 0.4) is 0 Å². The van der Waals surface area contributed by atoms with Crippen LogP contribution in [-0.4, -0.2) is 56.9 Å². The largest absolute Gasteiger partial charge is 0.489 e. The van der Waals surface area contributed by atoms with Crippen LogP contribution in [-0.2, 0) is 22.6 Å². The Morgan fingerprint density at radius 3 is 2.39 bits per heavy atom. The van der Waals surface area contributed by atoms with Crippen molar-refractivity contribution in [3.05, 3.63) is 78.1 Å². The molecular formula is C28H34N4O4. The Hall–Kier alpha value is -3.81. The zero-order valence-corrected chi connectivity index (χ0v) is 21.2. The number of aromatic nitrogens is 2. The summed E-state index contributed by atoms with van der Waals surface area (Å²) in [7, 11) is 0. The maximum Gasteiger partial charge on any atom is 0.320 e. The molecule has 0 unspecified atom stereocenters. The van der Waals surface area contributed by atoms with E-state index in [-0.39, 0.29) is 18.6 Å². The molecule has 0 aliphatic carbocycles. The summed E-state index contributed by atoms with van der Waals surface area (Å²) < 4.78 is 13.0. The van der Waals surface area contributed by atoms with Gasteiger partial charge in [0.1, 0.15) is 18.0 Å². The smallest absolute Gasteiger partial charge is 0.320 e. The first kappa shape index (κ1) is 25.3. The Labute approximate surface area is 212 Å². The lowest BCUT2D eigenvalue weighted by molar-refractivity contribution is -0.156. The van der Waals surface area contributed by atoms with Crippen LogP contribution < -0.4 is 4.74 Å². The molecule has 1 fully saturated rings. The van der Waals surface area contributed by atoms with E-state index in [4.69, 9.17) is 9.47 Å². The monoisotopic (exact) mass is 490 g/mol. The zero-order valence-electron chi connectivity index (χ0n) is 21.2. The van der Waals surface area contributed by atoms with E-state index >= 15 is 0 Å². The summed E-state index contributed by atoms with van der Waals surface area (Å²) in [6, 6.07) is 17.8. The van der Waals surface area contributed by atoms with E-state index in [1.54, 1.807) is 6.20 Å². The summed E-state index contributed by atoms with van der Waals surface area (Å²) in [6.45, 7) is 7.79.